The molecule has 1 fully saturated rings. The second-order valence-electron chi connectivity index (χ2n) is 4.66. The normalized spacial score (nSPS) is 25.6. The van der Waals surface area contributed by atoms with Crippen LogP contribution < -0.4 is 9.64 Å². The number of hydrogen-bond acceptors (Lipinski definition) is 3. The monoisotopic (exact) mass is 233 g/mol. The van der Waals surface area contributed by atoms with Gasteiger partial charge in [-0.05, 0) is 30.9 Å². The van der Waals surface area contributed by atoms with Gasteiger partial charge in [-0.3, -0.25) is 0 Å². The Kier molecular flexibility index (Phi) is 2.24. The quantitative estimate of drug-likeness (QED) is 0.844. The van der Waals surface area contributed by atoms with Gasteiger partial charge in [0.15, 0.2) is 0 Å². The van der Waals surface area contributed by atoms with E-state index in [1.165, 1.54) is 5.56 Å². The van der Waals surface area contributed by atoms with Gasteiger partial charge in [-0.25, -0.2) is 4.79 Å². The lowest BCUT2D eigenvalue weighted by atomic mass is 10.1. The average molecular weight is 233 g/mol. The number of benzene rings is 1. The van der Waals surface area contributed by atoms with Gasteiger partial charge in [-0.1, -0.05) is 12.1 Å². The fourth-order valence-electron chi connectivity index (χ4n) is 3.11. The van der Waals surface area contributed by atoms with Gasteiger partial charge in [-0.2, -0.15) is 0 Å². The van der Waals surface area contributed by atoms with E-state index in [1.54, 1.807) is 7.11 Å². The number of para-hydroxylation sites is 1. The highest BCUT2D eigenvalue weighted by molar-refractivity contribution is 5.83. The number of carboxylic acids is 1. The number of fused-ring (bicyclic) bond motifs is 3. The van der Waals surface area contributed by atoms with E-state index in [9.17, 15) is 9.90 Å². The molecule has 2 heterocycles. The first-order valence-corrected chi connectivity index (χ1v) is 5.89. The van der Waals surface area contributed by atoms with Crippen LogP contribution in [0.2, 0.25) is 0 Å². The van der Waals surface area contributed by atoms with Crippen molar-refractivity contribution in [2.75, 3.05) is 12.0 Å². The molecule has 2 aliphatic rings. The lowest BCUT2D eigenvalue weighted by Crippen LogP contribution is -2.38. The van der Waals surface area contributed by atoms with E-state index in [4.69, 9.17) is 4.74 Å². The first kappa shape index (κ1) is 10.4. The molecule has 0 bridgehead atoms. The van der Waals surface area contributed by atoms with Gasteiger partial charge in [0.1, 0.15) is 11.8 Å². The van der Waals surface area contributed by atoms with Crippen molar-refractivity contribution in [1.82, 2.24) is 0 Å². The van der Waals surface area contributed by atoms with Crippen LogP contribution in [-0.2, 0) is 11.2 Å². The van der Waals surface area contributed by atoms with Crippen LogP contribution in [0.5, 0.6) is 5.75 Å². The molecule has 2 unspecified atom stereocenters. The summed E-state index contributed by atoms with van der Waals surface area (Å²) in [5, 5.41) is 9.27. The molecule has 1 N–H and O–H groups in total. The van der Waals surface area contributed by atoms with Crippen LogP contribution >= 0.6 is 0 Å². The van der Waals surface area contributed by atoms with Gasteiger partial charge in [0.2, 0.25) is 0 Å². The number of anilines is 1. The summed E-state index contributed by atoms with van der Waals surface area (Å²) in [6.45, 7) is 0. The molecule has 1 aromatic rings. The molecule has 0 spiro atoms. The third kappa shape index (κ3) is 1.40. The summed E-state index contributed by atoms with van der Waals surface area (Å²) in [5.41, 5.74) is 2.20. The van der Waals surface area contributed by atoms with Crippen molar-refractivity contribution < 1.29 is 14.6 Å². The van der Waals surface area contributed by atoms with Crippen LogP contribution in [0, 0.1) is 0 Å². The van der Waals surface area contributed by atoms with Crippen LogP contribution in [0.25, 0.3) is 0 Å². The third-order valence-electron chi connectivity index (χ3n) is 3.80. The van der Waals surface area contributed by atoms with Crippen molar-refractivity contribution in [3.8, 4) is 5.75 Å². The standard InChI is InChI=1S/C13H15NO3/c1-17-11-4-2-3-8-7-9-5-6-10(13(15)16)14(9)12(8)11/h2-4,9-10H,5-7H2,1H3,(H,15,16). The molecule has 0 saturated carbocycles. The van der Waals surface area contributed by atoms with Crippen molar-refractivity contribution in [2.45, 2.75) is 31.3 Å². The maximum atomic E-state index is 11.3. The fraction of sp³-hybridized carbons (Fsp3) is 0.462. The number of carboxylic acid groups (broad SMARTS) is 1. The van der Waals surface area contributed by atoms with Crippen LogP contribution in [0.4, 0.5) is 5.69 Å². The highest BCUT2D eigenvalue weighted by atomic mass is 16.5. The topological polar surface area (TPSA) is 49.8 Å². The largest absolute Gasteiger partial charge is 0.495 e. The van der Waals surface area contributed by atoms with Crippen molar-refractivity contribution in [3.63, 3.8) is 0 Å². The molecule has 2 aliphatic heterocycles. The maximum Gasteiger partial charge on any atom is 0.326 e. The van der Waals surface area contributed by atoms with E-state index in [-0.39, 0.29) is 0 Å². The SMILES string of the molecule is COc1cccc2c1N1C(CCC1C(=O)O)C2. The number of aliphatic carboxylic acids is 1. The Hall–Kier alpha value is -1.71. The first-order chi connectivity index (χ1) is 8.22. The van der Waals surface area contributed by atoms with E-state index in [2.05, 4.69) is 6.07 Å². The maximum absolute atomic E-state index is 11.3. The number of rotatable bonds is 2. The number of methoxy groups -OCH3 is 1. The molecule has 3 rings (SSSR count). The molecular formula is C13H15NO3. The van der Waals surface area contributed by atoms with Crippen LogP contribution in [-0.4, -0.2) is 30.3 Å². The minimum atomic E-state index is -0.730. The Bertz CT molecular complexity index is 472. The molecule has 0 amide bonds. The zero-order valence-corrected chi connectivity index (χ0v) is 9.72. The molecule has 0 aliphatic carbocycles. The number of hydrogen-bond donors (Lipinski definition) is 1. The molecule has 1 saturated heterocycles. The Morgan fingerprint density at radius 3 is 3.00 bits per heavy atom. The molecule has 0 radical (unpaired) electrons. The van der Waals surface area contributed by atoms with Crippen LogP contribution in [0.3, 0.4) is 0 Å². The number of carbonyl (C=O) groups is 1. The van der Waals surface area contributed by atoms with Crippen LogP contribution in [0.1, 0.15) is 18.4 Å². The second-order valence-corrected chi connectivity index (χ2v) is 4.66. The third-order valence-corrected chi connectivity index (χ3v) is 3.80. The summed E-state index contributed by atoms with van der Waals surface area (Å²) < 4.78 is 5.36. The molecule has 90 valence electrons. The van der Waals surface area contributed by atoms with Gasteiger partial charge in [-0.15, -0.1) is 0 Å². The molecule has 4 nitrogen and oxygen atoms in total. The summed E-state index contributed by atoms with van der Waals surface area (Å²) in [6.07, 6.45) is 2.63. The number of ether oxygens (including phenoxy) is 1. The lowest BCUT2D eigenvalue weighted by Gasteiger charge is -2.25. The fourth-order valence-corrected chi connectivity index (χ4v) is 3.11. The van der Waals surface area contributed by atoms with E-state index in [0.717, 1.165) is 30.7 Å². The molecule has 1 aromatic carbocycles. The predicted molar refractivity (Wildman–Crippen MR) is 63.6 cm³/mol. The van der Waals surface area contributed by atoms with Gasteiger partial charge in [0.25, 0.3) is 0 Å². The Labute approximate surface area is 99.8 Å². The Morgan fingerprint density at radius 2 is 2.29 bits per heavy atom. The highest BCUT2D eigenvalue weighted by Gasteiger charge is 2.44. The Balaban J connectivity index is 2.08. The van der Waals surface area contributed by atoms with Crippen LogP contribution in [0.15, 0.2) is 18.2 Å². The van der Waals surface area contributed by atoms with E-state index in [1.807, 2.05) is 17.0 Å². The second kappa shape index (κ2) is 3.65. The predicted octanol–water partition coefficient (Wildman–Crippen LogP) is 1.67. The average Bonchev–Trinajstić information content (AvgIpc) is 2.85. The van der Waals surface area contributed by atoms with Crippen molar-refractivity contribution in [1.29, 1.82) is 0 Å². The first-order valence-electron chi connectivity index (χ1n) is 5.89. The molecule has 0 aromatic heterocycles. The molecular weight excluding hydrogens is 218 g/mol. The zero-order chi connectivity index (χ0) is 12.0. The summed E-state index contributed by atoms with van der Waals surface area (Å²) in [5.74, 6) is 0.0596. The minimum Gasteiger partial charge on any atom is -0.495 e. The van der Waals surface area contributed by atoms with Crippen molar-refractivity contribution in [3.05, 3.63) is 23.8 Å². The van der Waals surface area contributed by atoms with Gasteiger partial charge in [0, 0.05) is 6.04 Å². The highest BCUT2D eigenvalue weighted by Crippen LogP contribution is 2.46. The lowest BCUT2D eigenvalue weighted by molar-refractivity contribution is -0.138. The van der Waals surface area contributed by atoms with E-state index in [0.29, 0.717) is 6.04 Å². The summed E-state index contributed by atoms with van der Waals surface area (Å²) in [7, 11) is 1.63. The van der Waals surface area contributed by atoms with E-state index < -0.39 is 12.0 Å². The molecule has 17 heavy (non-hydrogen) atoms. The number of nitrogens with zero attached hydrogens (tertiary/aromatic N) is 1. The van der Waals surface area contributed by atoms with Crippen molar-refractivity contribution >= 4 is 11.7 Å². The van der Waals surface area contributed by atoms with Crippen molar-refractivity contribution in [2.24, 2.45) is 0 Å². The Morgan fingerprint density at radius 1 is 1.47 bits per heavy atom. The summed E-state index contributed by atoms with van der Waals surface area (Å²) in [6, 6.07) is 5.88. The minimum absolute atomic E-state index is 0.336. The molecule has 2 atom stereocenters. The van der Waals surface area contributed by atoms with Gasteiger partial charge in [0.05, 0.1) is 12.8 Å². The smallest absolute Gasteiger partial charge is 0.326 e. The van der Waals surface area contributed by atoms with Gasteiger partial charge >= 0.3 is 5.97 Å². The van der Waals surface area contributed by atoms with E-state index >= 15 is 0 Å². The summed E-state index contributed by atoms with van der Waals surface area (Å²) in [4.78, 5) is 13.3. The molecule has 4 heteroatoms. The van der Waals surface area contributed by atoms with Gasteiger partial charge < -0.3 is 14.7 Å². The summed E-state index contributed by atoms with van der Waals surface area (Å²) >= 11 is 0. The zero-order valence-electron chi connectivity index (χ0n) is 9.72.